The SMILES string of the molecule is CC(C)CC(=O)Nc1cc(NC(=O)CC(C)C)cc(C(=O)NC2CCCCC2)c1. The number of carbonyl (C=O) groups excluding carboxylic acids is 3. The Labute approximate surface area is 174 Å². The molecule has 0 atom stereocenters. The molecule has 0 unspecified atom stereocenters. The monoisotopic (exact) mass is 401 g/mol. The number of anilines is 2. The predicted octanol–water partition coefficient (Wildman–Crippen LogP) is 4.72. The van der Waals surface area contributed by atoms with Crippen molar-refractivity contribution in [2.75, 3.05) is 10.6 Å². The zero-order chi connectivity index (χ0) is 21.4. The number of hydrogen-bond acceptors (Lipinski definition) is 3. The van der Waals surface area contributed by atoms with Gasteiger partial charge in [-0.2, -0.15) is 0 Å². The second-order valence-corrected chi connectivity index (χ2v) is 8.90. The molecule has 1 fully saturated rings. The number of nitrogens with one attached hydrogen (secondary N) is 3. The Morgan fingerprint density at radius 2 is 1.31 bits per heavy atom. The van der Waals surface area contributed by atoms with E-state index in [9.17, 15) is 14.4 Å². The zero-order valence-electron chi connectivity index (χ0n) is 18.1. The Hall–Kier alpha value is -2.37. The quantitative estimate of drug-likeness (QED) is 0.589. The molecule has 2 rings (SSSR count). The van der Waals surface area contributed by atoms with Gasteiger partial charge in [-0.1, -0.05) is 47.0 Å². The molecule has 6 heteroatoms. The summed E-state index contributed by atoms with van der Waals surface area (Å²) >= 11 is 0. The van der Waals surface area contributed by atoms with Gasteiger partial charge in [-0.3, -0.25) is 14.4 Å². The number of benzene rings is 1. The number of rotatable bonds is 8. The Morgan fingerprint density at radius 3 is 1.76 bits per heavy atom. The predicted molar refractivity (Wildman–Crippen MR) is 117 cm³/mol. The Bertz CT molecular complexity index is 680. The van der Waals surface area contributed by atoms with Crippen molar-refractivity contribution in [1.82, 2.24) is 5.32 Å². The van der Waals surface area contributed by atoms with Crippen LogP contribution in [0.25, 0.3) is 0 Å². The molecule has 0 heterocycles. The minimum Gasteiger partial charge on any atom is -0.349 e. The fourth-order valence-corrected chi connectivity index (χ4v) is 3.58. The van der Waals surface area contributed by atoms with Crippen molar-refractivity contribution in [2.45, 2.75) is 78.7 Å². The van der Waals surface area contributed by atoms with Crippen LogP contribution in [0.1, 0.15) is 83.0 Å². The zero-order valence-corrected chi connectivity index (χ0v) is 18.1. The Balaban J connectivity index is 2.19. The highest BCUT2D eigenvalue weighted by molar-refractivity contribution is 6.00. The van der Waals surface area contributed by atoms with Gasteiger partial charge in [0.25, 0.3) is 5.91 Å². The van der Waals surface area contributed by atoms with Crippen molar-refractivity contribution in [3.8, 4) is 0 Å². The average molecular weight is 402 g/mol. The molecule has 160 valence electrons. The smallest absolute Gasteiger partial charge is 0.251 e. The molecule has 0 bridgehead atoms. The van der Waals surface area contributed by atoms with Gasteiger partial charge in [-0.05, 0) is 42.9 Å². The van der Waals surface area contributed by atoms with Gasteiger partial charge in [-0.15, -0.1) is 0 Å². The van der Waals surface area contributed by atoms with Crippen LogP contribution in [0.15, 0.2) is 18.2 Å². The molecule has 1 saturated carbocycles. The molecule has 0 saturated heterocycles. The van der Waals surface area contributed by atoms with E-state index in [4.69, 9.17) is 0 Å². The van der Waals surface area contributed by atoms with Gasteiger partial charge >= 0.3 is 0 Å². The van der Waals surface area contributed by atoms with Crippen molar-refractivity contribution in [2.24, 2.45) is 11.8 Å². The molecule has 29 heavy (non-hydrogen) atoms. The van der Waals surface area contributed by atoms with Crippen LogP contribution in [0, 0.1) is 11.8 Å². The third kappa shape index (κ3) is 8.26. The summed E-state index contributed by atoms with van der Waals surface area (Å²) < 4.78 is 0. The minimum absolute atomic E-state index is 0.107. The molecule has 3 amide bonds. The van der Waals surface area contributed by atoms with Gasteiger partial charge < -0.3 is 16.0 Å². The summed E-state index contributed by atoms with van der Waals surface area (Å²) in [7, 11) is 0. The fourth-order valence-electron chi connectivity index (χ4n) is 3.58. The minimum atomic E-state index is -0.170. The highest BCUT2D eigenvalue weighted by Gasteiger charge is 2.18. The molecule has 1 aliphatic rings. The molecule has 0 aromatic heterocycles. The largest absolute Gasteiger partial charge is 0.349 e. The first kappa shape index (κ1) is 22.9. The molecule has 0 aliphatic heterocycles. The van der Waals surface area contributed by atoms with E-state index >= 15 is 0 Å². The highest BCUT2D eigenvalue weighted by Crippen LogP contribution is 2.22. The first-order valence-corrected chi connectivity index (χ1v) is 10.8. The van der Waals surface area contributed by atoms with Crippen LogP contribution in [-0.4, -0.2) is 23.8 Å². The summed E-state index contributed by atoms with van der Waals surface area (Å²) in [5.41, 5.74) is 1.48. The first-order valence-electron chi connectivity index (χ1n) is 10.8. The second-order valence-electron chi connectivity index (χ2n) is 8.90. The van der Waals surface area contributed by atoms with Crippen molar-refractivity contribution in [3.05, 3.63) is 23.8 Å². The normalized spacial score (nSPS) is 14.7. The lowest BCUT2D eigenvalue weighted by Crippen LogP contribution is -2.36. The van der Waals surface area contributed by atoms with Gasteiger partial charge in [0.15, 0.2) is 0 Å². The molecular weight excluding hydrogens is 366 g/mol. The third-order valence-corrected chi connectivity index (χ3v) is 4.89. The molecule has 1 aromatic carbocycles. The van der Waals surface area contributed by atoms with E-state index in [1.807, 2.05) is 27.7 Å². The summed E-state index contributed by atoms with van der Waals surface area (Å²) in [5, 5.41) is 8.81. The van der Waals surface area contributed by atoms with E-state index in [1.54, 1.807) is 18.2 Å². The van der Waals surface area contributed by atoms with E-state index in [2.05, 4.69) is 16.0 Å². The number of hydrogen-bond donors (Lipinski definition) is 3. The second kappa shape index (κ2) is 11.0. The van der Waals surface area contributed by atoms with Crippen LogP contribution in [0.2, 0.25) is 0 Å². The van der Waals surface area contributed by atoms with E-state index in [1.165, 1.54) is 6.42 Å². The van der Waals surface area contributed by atoms with Crippen LogP contribution in [-0.2, 0) is 9.59 Å². The number of amides is 3. The average Bonchev–Trinajstić information content (AvgIpc) is 2.60. The van der Waals surface area contributed by atoms with E-state index in [-0.39, 0.29) is 35.6 Å². The fraction of sp³-hybridized carbons (Fsp3) is 0.609. The number of carbonyl (C=O) groups is 3. The van der Waals surface area contributed by atoms with E-state index < -0.39 is 0 Å². The van der Waals surface area contributed by atoms with Crippen LogP contribution in [0.3, 0.4) is 0 Å². The molecule has 0 spiro atoms. The topological polar surface area (TPSA) is 87.3 Å². The summed E-state index contributed by atoms with van der Waals surface area (Å²) in [6, 6.07) is 5.24. The molecular formula is C23H35N3O3. The van der Waals surface area contributed by atoms with Gasteiger partial charge in [0.1, 0.15) is 0 Å². The van der Waals surface area contributed by atoms with Gasteiger partial charge in [-0.25, -0.2) is 0 Å². The highest BCUT2D eigenvalue weighted by atomic mass is 16.2. The van der Waals surface area contributed by atoms with Crippen molar-refractivity contribution in [3.63, 3.8) is 0 Å². The first-order chi connectivity index (χ1) is 13.7. The molecule has 1 aromatic rings. The lowest BCUT2D eigenvalue weighted by atomic mass is 9.95. The van der Waals surface area contributed by atoms with Crippen molar-refractivity contribution < 1.29 is 14.4 Å². The van der Waals surface area contributed by atoms with Crippen LogP contribution < -0.4 is 16.0 Å². The molecule has 3 N–H and O–H groups in total. The van der Waals surface area contributed by atoms with E-state index in [0.29, 0.717) is 29.8 Å². The third-order valence-electron chi connectivity index (χ3n) is 4.89. The molecule has 0 radical (unpaired) electrons. The van der Waals surface area contributed by atoms with Gasteiger partial charge in [0, 0.05) is 35.8 Å². The summed E-state index contributed by atoms with van der Waals surface area (Å²) in [5.74, 6) is 0.0841. The maximum atomic E-state index is 12.8. The van der Waals surface area contributed by atoms with Crippen LogP contribution >= 0.6 is 0 Å². The Morgan fingerprint density at radius 1 is 0.828 bits per heavy atom. The molecule has 6 nitrogen and oxygen atoms in total. The lowest BCUT2D eigenvalue weighted by Gasteiger charge is -2.23. The van der Waals surface area contributed by atoms with Crippen LogP contribution in [0.5, 0.6) is 0 Å². The lowest BCUT2D eigenvalue weighted by molar-refractivity contribution is -0.117. The molecule has 1 aliphatic carbocycles. The standard InChI is InChI=1S/C23H35N3O3/c1-15(2)10-21(27)24-19-12-17(23(29)26-18-8-6-5-7-9-18)13-20(14-19)25-22(28)11-16(3)4/h12-16,18H,5-11H2,1-4H3,(H,24,27)(H,25,28)(H,26,29). The van der Waals surface area contributed by atoms with E-state index in [0.717, 1.165) is 25.7 Å². The maximum absolute atomic E-state index is 12.8. The van der Waals surface area contributed by atoms with Crippen LogP contribution in [0.4, 0.5) is 11.4 Å². The summed E-state index contributed by atoms with van der Waals surface area (Å²) in [6.07, 6.45) is 6.26. The maximum Gasteiger partial charge on any atom is 0.251 e. The van der Waals surface area contributed by atoms with Crippen molar-refractivity contribution >= 4 is 29.1 Å². The van der Waals surface area contributed by atoms with Crippen molar-refractivity contribution in [1.29, 1.82) is 0 Å². The van der Waals surface area contributed by atoms with Gasteiger partial charge in [0.05, 0.1) is 0 Å². The summed E-state index contributed by atoms with van der Waals surface area (Å²) in [4.78, 5) is 37.2. The Kier molecular flexibility index (Phi) is 8.68. The van der Waals surface area contributed by atoms with Gasteiger partial charge in [0.2, 0.25) is 11.8 Å². The summed E-state index contributed by atoms with van der Waals surface area (Å²) in [6.45, 7) is 7.91.